The van der Waals surface area contributed by atoms with Crippen LogP contribution in [-0.2, 0) is 4.74 Å². The molecule has 0 aliphatic heterocycles. The van der Waals surface area contributed by atoms with Crippen LogP contribution in [0.15, 0.2) is 4.79 Å². The van der Waals surface area contributed by atoms with Crippen LogP contribution in [0.25, 0.3) is 0 Å². The minimum Gasteiger partial charge on any atom is -0.464 e. The van der Waals surface area contributed by atoms with Gasteiger partial charge in [-0.15, -0.1) is 0 Å². The van der Waals surface area contributed by atoms with Gasteiger partial charge in [-0.2, -0.15) is 0 Å². The quantitative estimate of drug-likeness (QED) is 0.740. The molecule has 0 unspecified atom stereocenters. The topological polar surface area (TPSA) is 75.3 Å². The molecule has 1 aromatic heterocycles. The zero-order chi connectivity index (χ0) is 11.6. The Morgan fingerprint density at radius 2 is 2.13 bits per heavy atom. The summed E-state index contributed by atoms with van der Waals surface area (Å²) in [6.07, 6.45) is 0. The van der Waals surface area contributed by atoms with Crippen molar-refractivity contribution in [2.24, 2.45) is 0 Å². The molecule has 6 nitrogen and oxygen atoms in total. The van der Waals surface area contributed by atoms with Crippen LogP contribution >= 0.6 is 11.6 Å². The number of anilines is 1. The Balaban J connectivity index is 3.32. The highest BCUT2D eigenvalue weighted by atomic mass is 35.5. The number of nitrogens with one attached hydrogen (secondary N) is 1. The predicted molar refractivity (Wildman–Crippen MR) is 55.5 cm³/mol. The second kappa shape index (κ2) is 4.31. The van der Waals surface area contributed by atoms with Gasteiger partial charge < -0.3 is 14.6 Å². The van der Waals surface area contributed by atoms with Crippen LogP contribution in [0.4, 0.5) is 5.82 Å². The van der Waals surface area contributed by atoms with Crippen molar-refractivity contribution >= 4 is 23.4 Å². The van der Waals surface area contributed by atoms with Crippen molar-refractivity contribution in [2.75, 3.05) is 26.1 Å². The monoisotopic (exact) mass is 231 g/mol. The van der Waals surface area contributed by atoms with Crippen molar-refractivity contribution in [3.05, 3.63) is 21.2 Å². The van der Waals surface area contributed by atoms with Crippen LogP contribution in [-0.4, -0.2) is 37.1 Å². The molecule has 7 heteroatoms. The Bertz CT molecular complexity index is 441. The first kappa shape index (κ1) is 11.5. The molecule has 0 aliphatic rings. The van der Waals surface area contributed by atoms with E-state index in [1.165, 1.54) is 0 Å². The van der Waals surface area contributed by atoms with Gasteiger partial charge in [0.25, 0.3) is 5.56 Å². The van der Waals surface area contributed by atoms with E-state index in [1.807, 2.05) is 0 Å². The lowest BCUT2D eigenvalue weighted by atomic mass is 10.4. The molecule has 1 heterocycles. The van der Waals surface area contributed by atoms with E-state index in [2.05, 4.69) is 14.7 Å². The molecule has 0 amide bonds. The molecule has 0 spiro atoms. The van der Waals surface area contributed by atoms with Gasteiger partial charge in [0.1, 0.15) is 5.82 Å². The fraction of sp³-hybridized carbons (Fsp3) is 0.375. The van der Waals surface area contributed by atoms with Crippen LogP contribution < -0.4 is 10.5 Å². The lowest BCUT2D eigenvalue weighted by molar-refractivity contribution is 0.0592. The Hall–Kier alpha value is -1.56. The first-order valence-electron chi connectivity index (χ1n) is 4.02. The van der Waals surface area contributed by atoms with Gasteiger partial charge in [0.05, 0.1) is 7.11 Å². The summed E-state index contributed by atoms with van der Waals surface area (Å²) in [5.41, 5.74) is -0.983. The summed E-state index contributed by atoms with van der Waals surface area (Å²) in [5.74, 6) is -0.474. The average Bonchev–Trinajstić information content (AvgIpc) is 2.19. The van der Waals surface area contributed by atoms with Crippen molar-refractivity contribution in [3.8, 4) is 0 Å². The number of H-pyrrole nitrogens is 1. The zero-order valence-corrected chi connectivity index (χ0v) is 9.25. The van der Waals surface area contributed by atoms with E-state index in [-0.39, 0.29) is 10.8 Å². The standard InChI is InChI=1S/C8H10ClN3O3/c1-12(2)6-5(9)10-4(7(13)11-6)8(14)15-3/h1-3H3,(H,11,13). The van der Waals surface area contributed by atoms with Gasteiger partial charge in [0.2, 0.25) is 5.69 Å². The summed E-state index contributed by atoms with van der Waals surface area (Å²) >= 11 is 5.77. The van der Waals surface area contributed by atoms with Crippen LogP contribution in [0, 0.1) is 0 Å². The second-order valence-electron chi connectivity index (χ2n) is 2.94. The minimum absolute atomic E-state index is 0.0417. The van der Waals surface area contributed by atoms with Crippen molar-refractivity contribution < 1.29 is 9.53 Å². The highest BCUT2D eigenvalue weighted by Gasteiger charge is 2.16. The first-order chi connectivity index (χ1) is 6.97. The van der Waals surface area contributed by atoms with E-state index in [0.717, 1.165) is 7.11 Å². The molecule has 0 fully saturated rings. The molecule has 0 saturated carbocycles. The number of hydrogen-bond donors (Lipinski definition) is 1. The fourth-order valence-electron chi connectivity index (χ4n) is 0.952. The smallest absolute Gasteiger partial charge is 0.362 e. The first-order valence-corrected chi connectivity index (χ1v) is 4.40. The molecule has 1 N–H and O–H groups in total. The Morgan fingerprint density at radius 3 is 2.60 bits per heavy atom. The Labute approximate surface area is 90.8 Å². The van der Waals surface area contributed by atoms with Gasteiger partial charge in [-0.1, -0.05) is 11.6 Å². The molecule has 15 heavy (non-hydrogen) atoms. The fourth-order valence-corrected chi connectivity index (χ4v) is 1.25. The third kappa shape index (κ3) is 2.27. The normalized spacial score (nSPS) is 9.87. The van der Waals surface area contributed by atoms with Crippen molar-refractivity contribution in [1.29, 1.82) is 0 Å². The van der Waals surface area contributed by atoms with E-state index >= 15 is 0 Å². The molecule has 0 bridgehead atoms. The van der Waals surface area contributed by atoms with Crippen molar-refractivity contribution in [1.82, 2.24) is 9.97 Å². The van der Waals surface area contributed by atoms with Gasteiger partial charge in [-0.05, 0) is 0 Å². The number of methoxy groups -OCH3 is 1. The SMILES string of the molecule is COC(=O)c1nc(Cl)c(N(C)C)[nH]c1=O. The van der Waals surface area contributed by atoms with E-state index in [0.29, 0.717) is 5.82 Å². The molecule has 0 aromatic carbocycles. The number of ether oxygens (including phenoxy) is 1. The molecule has 0 atom stereocenters. The number of hydrogen-bond acceptors (Lipinski definition) is 5. The molecular formula is C8H10ClN3O3. The van der Waals surface area contributed by atoms with Gasteiger partial charge in [-0.25, -0.2) is 9.78 Å². The number of esters is 1. The highest BCUT2D eigenvalue weighted by Crippen LogP contribution is 2.16. The van der Waals surface area contributed by atoms with E-state index in [1.54, 1.807) is 19.0 Å². The van der Waals surface area contributed by atoms with E-state index in [9.17, 15) is 9.59 Å². The summed E-state index contributed by atoms with van der Waals surface area (Å²) in [5, 5.41) is 0.0417. The average molecular weight is 232 g/mol. The Kier molecular flexibility index (Phi) is 3.31. The van der Waals surface area contributed by atoms with Crippen LogP contribution in [0.2, 0.25) is 5.15 Å². The third-order valence-corrected chi connectivity index (χ3v) is 1.94. The summed E-state index contributed by atoms with van der Waals surface area (Å²) in [6.45, 7) is 0. The molecule has 0 aliphatic carbocycles. The largest absolute Gasteiger partial charge is 0.464 e. The molecule has 0 radical (unpaired) electrons. The maximum Gasteiger partial charge on any atom is 0.362 e. The number of aromatic nitrogens is 2. The lowest BCUT2D eigenvalue weighted by Crippen LogP contribution is -2.25. The summed E-state index contributed by atoms with van der Waals surface area (Å²) in [7, 11) is 4.55. The molecule has 82 valence electrons. The Morgan fingerprint density at radius 1 is 1.53 bits per heavy atom. The predicted octanol–water partition coefficient (Wildman–Crippen LogP) is 0.276. The number of rotatable bonds is 2. The molecule has 1 aromatic rings. The van der Waals surface area contributed by atoms with Gasteiger partial charge in [-0.3, -0.25) is 4.79 Å². The maximum atomic E-state index is 11.4. The molecule has 0 saturated heterocycles. The third-order valence-electron chi connectivity index (χ3n) is 1.68. The summed E-state index contributed by atoms with van der Waals surface area (Å²) < 4.78 is 4.38. The van der Waals surface area contributed by atoms with E-state index in [4.69, 9.17) is 11.6 Å². The number of halogens is 1. The summed E-state index contributed by atoms with van der Waals surface area (Å²) in [6, 6.07) is 0. The van der Waals surface area contributed by atoms with Crippen LogP contribution in [0.5, 0.6) is 0 Å². The number of carbonyl (C=O) groups excluding carboxylic acids is 1. The van der Waals surface area contributed by atoms with Crippen LogP contribution in [0.1, 0.15) is 10.5 Å². The lowest BCUT2D eigenvalue weighted by Gasteiger charge is -2.12. The number of aromatic amines is 1. The maximum absolute atomic E-state index is 11.4. The van der Waals surface area contributed by atoms with Crippen LogP contribution in [0.3, 0.4) is 0 Å². The van der Waals surface area contributed by atoms with Gasteiger partial charge in [0, 0.05) is 14.1 Å². The second-order valence-corrected chi connectivity index (χ2v) is 3.30. The summed E-state index contributed by atoms with van der Waals surface area (Å²) in [4.78, 5) is 30.2. The van der Waals surface area contributed by atoms with Crippen molar-refractivity contribution in [2.45, 2.75) is 0 Å². The van der Waals surface area contributed by atoms with Gasteiger partial charge in [0.15, 0.2) is 5.15 Å². The number of carbonyl (C=O) groups is 1. The minimum atomic E-state index is -0.816. The van der Waals surface area contributed by atoms with Gasteiger partial charge >= 0.3 is 5.97 Å². The number of nitrogens with zero attached hydrogens (tertiary/aromatic N) is 2. The van der Waals surface area contributed by atoms with E-state index < -0.39 is 11.5 Å². The van der Waals surface area contributed by atoms with Crippen molar-refractivity contribution in [3.63, 3.8) is 0 Å². The highest BCUT2D eigenvalue weighted by molar-refractivity contribution is 6.31. The zero-order valence-electron chi connectivity index (χ0n) is 8.50. The molecule has 1 rings (SSSR count). The molecular weight excluding hydrogens is 222 g/mol.